The molecule has 9 heteroatoms. The Bertz CT molecular complexity index is 1060. The van der Waals surface area contributed by atoms with Gasteiger partial charge in [0, 0.05) is 29.6 Å². The number of alkyl halides is 3. The van der Waals surface area contributed by atoms with Crippen LogP contribution >= 0.6 is 11.6 Å². The van der Waals surface area contributed by atoms with E-state index in [2.05, 4.69) is 16.4 Å². The number of nitriles is 1. The van der Waals surface area contributed by atoms with E-state index in [0.29, 0.717) is 22.7 Å². The first-order valence-electron chi connectivity index (χ1n) is 11.6. The monoisotopic (exact) mass is 508 g/mol. The maximum Gasteiger partial charge on any atom is 0.412 e. The number of nitrogens with zero attached hydrogens (tertiary/aromatic N) is 3. The summed E-state index contributed by atoms with van der Waals surface area (Å²) >= 11 is 6.17. The van der Waals surface area contributed by atoms with Gasteiger partial charge in [0.1, 0.15) is 0 Å². The molecule has 1 N–H and O–H groups in total. The minimum Gasteiger partial charge on any atom is -0.350 e. The molecule has 35 heavy (non-hydrogen) atoms. The molecule has 1 amide bonds. The van der Waals surface area contributed by atoms with Gasteiger partial charge in [0.15, 0.2) is 0 Å². The number of carbonyl (C=O) groups excluding carboxylic acids is 1. The number of rotatable bonds is 7. The number of hydrogen-bond donors (Lipinski definition) is 1. The maximum atomic E-state index is 13.1. The van der Waals surface area contributed by atoms with Crippen molar-refractivity contribution in [2.45, 2.75) is 77.8 Å². The highest BCUT2D eigenvalue weighted by atomic mass is 35.5. The Balaban J connectivity index is 2.20. The van der Waals surface area contributed by atoms with E-state index in [4.69, 9.17) is 11.6 Å². The number of carbonyl (C=O) groups is 1. The largest absolute Gasteiger partial charge is 0.412 e. The molecule has 0 aromatic carbocycles. The Morgan fingerprint density at radius 1 is 1.23 bits per heavy atom. The van der Waals surface area contributed by atoms with Crippen molar-refractivity contribution < 1.29 is 18.0 Å². The number of nitrogens with one attached hydrogen (secondary N) is 1. The molecule has 0 spiro atoms. The summed E-state index contributed by atoms with van der Waals surface area (Å²) in [5.41, 5.74) is 1.19. The predicted molar refractivity (Wildman–Crippen MR) is 132 cm³/mol. The smallest absolute Gasteiger partial charge is 0.350 e. The molecule has 1 fully saturated rings. The van der Waals surface area contributed by atoms with Gasteiger partial charge in [0.05, 0.1) is 34.1 Å². The second kappa shape index (κ2) is 11.8. The average molecular weight is 509 g/mol. The lowest BCUT2D eigenvalue weighted by molar-refractivity contribution is -0.113. The van der Waals surface area contributed by atoms with Crippen LogP contribution in [0.1, 0.15) is 71.9 Å². The summed E-state index contributed by atoms with van der Waals surface area (Å²) in [6, 6.07) is 5.96. The summed E-state index contributed by atoms with van der Waals surface area (Å²) in [6.07, 6.45) is 2.48. The standard InChI is InChI=1S/C26H32ClF3N4O/c1-6-20(26(28,29)30)14-22(27)19(4)34(5)18(3)17(2)24(35)33-21-10-11-23(32-15-21)25(16-31)12-8-7-9-13-25/h10-11,14-15H,6-9,12-13H2,1-5H3,(H,33,35)/b18-17+,20-14+,22-19-. The van der Waals surface area contributed by atoms with E-state index in [-0.39, 0.29) is 17.4 Å². The van der Waals surface area contributed by atoms with Crippen LogP contribution in [0.15, 0.2) is 52.0 Å². The van der Waals surface area contributed by atoms with Crippen molar-refractivity contribution in [2.75, 3.05) is 12.4 Å². The fraction of sp³-hybridized carbons (Fsp3) is 0.500. The third kappa shape index (κ3) is 6.88. The van der Waals surface area contributed by atoms with Crippen LogP contribution in [0.3, 0.4) is 0 Å². The summed E-state index contributed by atoms with van der Waals surface area (Å²) < 4.78 is 39.2. The Hall–Kier alpha value is -2.79. The highest BCUT2D eigenvalue weighted by Crippen LogP contribution is 2.38. The highest BCUT2D eigenvalue weighted by molar-refractivity contribution is 6.31. The van der Waals surface area contributed by atoms with Crippen molar-refractivity contribution in [3.8, 4) is 6.07 Å². The molecule has 0 saturated heterocycles. The van der Waals surface area contributed by atoms with Crippen LogP contribution in [-0.2, 0) is 10.2 Å². The van der Waals surface area contributed by atoms with E-state index in [0.717, 1.165) is 43.9 Å². The number of allylic oxidation sites excluding steroid dienone is 5. The van der Waals surface area contributed by atoms with E-state index in [9.17, 15) is 23.2 Å². The van der Waals surface area contributed by atoms with E-state index in [1.54, 1.807) is 51.0 Å². The Labute approximate surface area is 210 Å². The van der Waals surface area contributed by atoms with Gasteiger partial charge >= 0.3 is 6.18 Å². The molecule has 1 heterocycles. The molecule has 5 nitrogen and oxygen atoms in total. The third-order valence-corrected chi connectivity index (χ3v) is 7.10. The Morgan fingerprint density at radius 3 is 2.34 bits per heavy atom. The summed E-state index contributed by atoms with van der Waals surface area (Å²) in [5, 5.41) is 12.5. The van der Waals surface area contributed by atoms with Crippen molar-refractivity contribution >= 4 is 23.2 Å². The molecule has 1 aliphatic rings. The van der Waals surface area contributed by atoms with E-state index in [1.807, 2.05) is 0 Å². The molecule has 1 saturated carbocycles. The van der Waals surface area contributed by atoms with Gasteiger partial charge in [0.25, 0.3) is 5.91 Å². The van der Waals surface area contributed by atoms with Crippen LogP contribution in [0.25, 0.3) is 0 Å². The molecular formula is C26H32ClF3N4O. The summed E-state index contributed by atoms with van der Waals surface area (Å²) in [6.45, 7) is 6.33. The Kier molecular flexibility index (Phi) is 9.56. The number of amides is 1. The van der Waals surface area contributed by atoms with Crippen molar-refractivity contribution in [3.05, 3.63) is 57.7 Å². The first kappa shape index (κ1) is 28.4. The lowest BCUT2D eigenvalue weighted by atomic mass is 9.73. The molecule has 2 rings (SSSR count). The van der Waals surface area contributed by atoms with Crippen LogP contribution in [0.4, 0.5) is 18.9 Å². The summed E-state index contributed by atoms with van der Waals surface area (Å²) in [4.78, 5) is 18.9. The molecule has 1 aromatic heterocycles. The topological polar surface area (TPSA) is 69.0 Å². The average Bonchev–Trinajstić information content (AvgIpc) is 2.85. The second-order valence-corrected chi connectivity index (χ2v) is 9.27. The van der Waals surface area contributed by atoms with Gasteiger partial charge in [0.2, 0.25) is 0 Å². The van der Waals surface area contributed by atoms with Crippen LogP contribution < -0.4 is 5.32 Å². The molecule has 0 aliphatic heterocycles. The van der Waals surface area contributed by atoms with Crippen LogP contribution in [0, 0.1) is 11.3 Å². The minimum absolute atomic E-state index is 0.0526. The number of halogens is 4. The molecule has 0 unspecified atom stereocenters. The number of hydrogen-bond acceptors (Lipinski definition) is 4. The predicted octanol–water partition coefficient (Wildman–Crippen LogP) is 7.34. The zero-order valence-corrected chi connectivity index (χ0v) is 21.6. The van der Waals surface area contributed by atoms with Gasteiger partial charge in [-0.2, -0.15) is 18.4 Å². The van der Waals surface area contributed by atoms with E-state index in [1.165, 1.54) is 6.92 Å². The van der Waals surface area contributed by atoms with Crippen LogP contribution in [0.5, 0.6) is 0 Å². The quantitative estimate of drug-likeness (QED) is 0.309. The first-order chi connectivity index (χ1) is 16.4. The molecule has 1 aliphatic carbocycles. The normalized spacial score (nSPS) is 17.7. The molecule has 1 aromatic rings. The summed E-state index contributed by atoms with van der Waals surface area (Å²) in [7, 11) is 1.64. The zero-order valence-electron chi connectivity index (χ0n) is 20.8. The number of pyridine rings is 1. The summed E-state index contributed by atoms with van der Waals surface area (Å²) in [5.74, 6) is -0.374. The lowest BCUT2D eigenvalue weighted by Crippen LogP contribution is -2.28. The van der Waals surface area contributed by atoms with E-state index < -0.39 is 17.2 Å². The van der Waals surface area contributed by atoms with Crippen LogP contribution in [0.2, 0.25) is 0 Å². The Morgan fingerprint density at radius 2 is 1.86 bits per heavy atom. The minimum atomic E-state index is -4.46. The van der Waals surface area contributed by atoms with Gasteiger partial charge in [-0.05, 0) is 58.2 Å². The van der Waals surface area contributed by atoms with Gasteiger partial charge < -0.3 is 10.2 Å². The van der Waals surface area contributed by atoms with Crippen molar-refractivity contribution in [3.63, 3.8) is 0 Å². The van der Waals surface area contributed by atoms with Gasteiger partial charge in [-0.3, -0.25) is 9.78 Å². The molecular weight excluding hydrogens is 477 g/mol. The lowest BCUT2D eigenvalue weighted by Gasteiger charge is -2.30. The zero-order chi connectivity index (χ0) is 26.4. The molecule has 0 bridgehead atoms. The highest BCUT2D eigenvalue weighted by Gasteiger charge is 2.35. The molecule has 190 valence electrons. The van der Waals surface area contributed by atoms with Gasteiger partial charge in [-0.1, -0.05) is 37.8 Å². The SMILES string of the molecule is CC/C(=C\C(Cl)=C(/C)N(C)/C(C)=C(\C)C(=O)Nc1ccc(C2(C#N)CCCCC2)nc1)C(F)(F)F. The third-order valence-electron chi connectivity index (χ3n) is 6.71. The fourth-order valence-corrected chi connectivity index (χ4v) is 4.28. The maximum absolute atomic E-state index is 13.1. The fourth-order valence-electron chi connectivity index (χ4n) is 4.03. The molecule has 0 radical (unpaired) electrons. The number of aromatic nitrogens is 1. The van der Waals surface area contributed by atoms with Gasteiger partial charge in [-0.25, -0.2) is 0 Å². The van der Waals surface area contributed by atoms with Crippen molar-refractivity contribution in [2.24, 2.45) is 0 Å². The molecule has 0 atom stereocenters. The van der Waals surface area contributed by atoms with Crippen LogP contribution in [-0.4, -0.2) is 29.0 Å². The van der Waals surface area contributed by atoms with Crippen molar-refractivity contribution in [1.29, 1.82) is 5.26 Å². The first-order valence-corrected chi connectivity index (χ1v) is 12.0. The van der Waals surface area contributed by atoms with Crippen molar-refractivity contribution in [1.82, 2.24) is 9.88 Å². The second-order valence-electron chi connectivity index (χ2n) is 8.86. The number of anilines is 1. The van der Waals surface area contributed by atoms with Gasteiger partial charge in [-0.15, -0.1) is 0 Å². The van der Waals surface area contributed by atoms with E-state index >= 15 is 0 Å².